The molecule has 0 saturated heterocycles. The number of aryl methyl sites for hydroxylation is 1. The van der Waals surface area contributed by atoms with E-state index in [1.165, 1.54) is 0 Å². The molecular weight excluding hydrogens is 257 g/mol. The van der Waals surface area contributed by atoms with Gasteiger partial charge in [-0.3, -0.25) is 0 Å². The van der Waals surface area contributed by atoms with E-state index < -0.39 is 5.60 Å². The van der Waals surface area contributed by atoms with Crippen LogP contribution < -0.4 is 0 Å². The van der Waals surface area contributed by atoms with E-state index in [1.807, 2.05) is 33.8 Å². The average molecular weight is 279 g/mol. The van der Waals surface area contributed by atoms with Crippen LogP contribution in [0.1, 0.15) is 50.4 Å². The molecule has 20 heavy (non-hydrogen) atoms. The van der Waals surface area contributed by atoms with Gasteiger partial charge in [0.05, 0.1) is 6.04 Å². The lowest BCUT2D eigenvalue weighted by atomic mass is 9.92. The van der Waals surface area contributed by atoms with Gasteiger partial charge in [0.15, 0.2) is 0 Å². The largest absolute Gasteiger partial charge is 0.444 e. The Kier molecular flexibility index (Phi) is 3.76. The van der Waals surface area contributed by atoms with Gasteiger partial charge in [-0.1, -0.05) is 6.07 Å². The molecule has 1 atom stereocenters. The van der Waals surface area contributed by atoms with Crippen LogP contribution in [0.2, 0.25) is 0 Å². The molecule has 1 aliphatic heterocycles. The predicted molar refractivity (Wildman–Crippen MR) is 76.2 cm³/mol. The highest BCUT2D eigenvalue weighted by Crippen LogP contribution is 2.32. The number of ether oxygens (including phenoxy) is 1. The molecule has 0 spiro atoms. The van der Waals surface area contributed by atoms with Gasteiger partial charge in [0.25, 0.3) is 0 Å². The van der Waals surface area contributed by atoms with Gasteiger partial charge >= 0.3 is 6.09 Å². The fraction of sp³-hybridized carbons (Fsp3) is 0.562. The third-order valence-electron chi connectivity index (χ3n) is 3.59. The zero-order valence-electron chi connectivity index (χ0n) is 12.8. The van der Waals surface area contributed by atoms with Crippen LogP contribution in [0.25, 0.3) is 0 Å². The number of amides is 1. The maximum atomic E-state index is 13.7. The summed E-state index contributed by atoms with van der Waals surface area (Å²) in [6.07, 6.45) is 0.400. The quantitative estimate of drug-likeness (QED) is 0.718. The maximum absolute atomic E-state index is 13.7. The number of nitrogens with zero attached hydrogens (tertiary/aromatic N) is 1. The van der Waals surface area contributed by atoms with Crippen LogP contribution in [0.15, 0.2) is 12.1 Å². The number of rotatable bonds is 0. The van der Waals surface area contributed by atoms with Crippen molar-refractivity contribution in [1.82, 2.24) is 4.90 Å². The summed E-state index contributed by atoms with van der Waals surface area (Å²) in [6.45, 7) is 9.81. The van der Waals surface area contributed by atoms with E-state index in [0.717, 1.165) is 17.5 Å². The number of carbonyl (C=O) groups is 1. The smallest absolute Gasteiger partial charge is 0.410 e. The van der Waals surface area contributed by atoms with Crippen LogP contribution in [-0.2, 0) is 11.2 Å². The Balaban J connectivity index is 2.25. The average Bonchev–Trinajstić information content (AvgIpc) is 2.30. The maximum Gasteiger partial charge on any atom is 0.410 e. The third kappa shape index (κ3) is 2.94. The molecule has 0 aliphatic carbocycles. The molecule has 1 amide bonds. The first-order valence-electron chi connectivity index (χ1n) is 6.97. The summed E-state index contributed by atoms with van der Waals surface area (Å²) in [5.74, 6) is -0.221. The molecule has 3 nitrogen and oxygen atoms in total. The molecule has 1 aromatic carbocycles. The highest BCUT2D eigenvalue weighted by Gasteiger charge is 2.31. The third-order valence-corrected chi connectivity index (χ3v) is 3.59. The Morgan fingerprint density at radius 1 is 1.40 bits per heavy atom. The molecule has 0 aromatic heterocycles. The molecule has 0 radical (unpaired) electrons. The zero-order valence-corrected chi connectivity index (χ0v) is 12.8. The zero-order chi connectivity index (χ0) is 15.1. The summed E-state index contributed by atoms with van der Waals surface area (Å²) in [6, 6.07) is 3.27. The monoisotopic (exact) mass is 279 g/mol. The standard InChI is InChI=1S/C16H22FNO2/c1-10-8-12-6-7-18(15(19)20-16(3,4)5)11(2)13(12)9-14(10)17/h8-9,11H,6-7H2,1-5H3. The van der Waals surface area contributed by atoms with Crippen LogP contribution in [0.5, 0.6) is 0 Å². The van der Waals surface area contributed by atoms with E-state index in [1.54, 1.807) is 17.9 Å². The minimum Gasteiger partial charge on any atom is -0.444 e. The molecule has 110 valence electrons. The van der Waals surface area contributed by atoms with E-state index in [4.69, 9.17) is 4.74 Å². The summed E-state index contributed by atoms with van der Waals surface area (Å²) >= 11 is 0. The molecule has 0 fully saturated rings. The van der Waals surface area contributed by atoms with Crippen molar-refractivity contribution in [3.05, 3.63) is 34.6 Å². The second-order valence-corrected chi connectivity index (χ2v) is 6.40. The molecule has 0 saturated carbocycles. The number of benzene rings is 1. The van der Waals surface area contributed by atoms with Crippen LogP contribution >= 0.6 is 0 Å². The SMILES string of the molecule is Cc1cc2c(cc1F)C(C)N(C(=O)OC(C)(C)C)CC2. The van der Waals surface area contributed by atoms with E-state index in [2.05, 4.69) is 0 Å². The molecule has 1 heterocycles. The number of fused-ring (bicyclic) bond motifs is 1. The molecule has 0 N–H and O–H groups in total. The normalized spacial score (nSPS) is 18.7. The lowest BCUT2D eigenvalue weighted by molar-refractivity contribution is 0.0159. The van der Waals surface area contributed by atoms with Gasteiger partial charge in [0.2, 0.25) is 0 Å². The lowest BCUT2D eigenvalue weighted by Gasteiger charge is -2.36. The van der Waals surface area contributed by atoms with E-state index in [0.29, 0.717) is 12.1 Å². The van der Waals surface area contributed by atoms with Crippen LogP contribution in [0.3, 0.4) is 0 Å². The van der Waals surface area contributed by atoms with Crippen molar-refractivity contribution in [2.45, 2.75) is 52.7 Å². The first-order valence-corrected chi connectivity index (χ1v) is 6.97. The topological polar surface area (TPSA) is 29.5 Å². The van der Waals surface area contributed by atoms with E-state index >= 15 is 0 Å². The van der Waals surface area contributed by atoms with Crippen molar-refractivity contribution in [3.8, 4) is 0 Å². The van der Waals surface area contributed by atoms with Gasteiger partial charge in [0, 0.05) is 6.54 Å². The Bertz CT molecular complexity index is 534. The number of halogens is 1. The molecule has 1 aliphatic rings. The Morgan fingerprint density at radius 3 is 2.65 bits per heavy atom. The number of hydrogen-bond acceptors (Lipinski definition) is 2. The molecule has 1 unspecified atom stereocenters. The minimum atomic E-state index is -0.518. The summed E-state index contributed by atoms with van der Waals surface area (Å²) in [7, 11) is 0. The van der Waals surface area contributed by atoms with Crippen molar-refractivity contribution >= 4 is 6.09 Å². The summed E-state index contributed by atoms with van der Waals surface area (Å²) in [4.78, 5) is 13.9. The fourth-order valence-corrected chi connectivity index (χ4v) is 2.53. The van der Waals surface area contributed by atoms with Crippen LogP contribution in [0, 0.1) is 12.7 Å². The second-order valence-electron chi connectivity index (χ2n) is 6.40. The number of hydrogen-bond donors (Lipinski definition) is 0. The van der Waals surface area contributed by atoms with Gasteiger partial charge in [0.1, 0.15) is 11.4 Å². The Hall–Kier alpha value is -1.58. The summed E-state index contributed by atoms with van der Waals surface area (Å²) < 4.78 is 19.2. The van der Waals surface area contributed by atoms with Crippen molar-refractivity contribution in [2.75, 3.05) is 6.54 Å². The molecule has 4 heteroatoms. The van der Waals surface area contributed by atoms with Crippen LogP contribution in [0.4, 0.5) is 9.18 Å². The lowest BCUT2D eigenvalue weighted by Crippen LogP contribution is -2.42. The number of carbonyl (C=O) groups excluding carboxylic acids is 1. The van der Waals surface area contributed by atoms with E-state index in [9.17, 15) is 9.18 Å². The van der Waals surface area contributed by atoms with Gasteiger partial charge in [-0.25, -0.2) is 9.18 Å². The molecule has 0 bridgehead atoms. The van der Waals surface area contributed by atoms with Crippen molar-refractivity contribution in [1.29, 1.82) is 0 Å². The molecule has 2 rings (SSSR count). The first-order chi connectivity index (χ1) is 9.19. The van der Waals surface area contributed by atoms with Crippen molar-refractivity contribution in [3.63, 3.8) is 0 Å². The summed E-state index contributed by atoms with van der Waals surface area (Å²) in [5, 5.41) is 0. The van der Waals surface area contributed by atoms with Crippen molar-refractivity contribution in [2.24, 2.45) is 0 Å². The first kappa shape index (κ1) is 14.8. The summed E-state index contributed by atoms with van der Waals surface area (Å²) in [5.41, 5.74) is 2.14. The highest BCUT2D eigenvalue weighted by atomic mass is 19.1. The molecular formula is C16H22FNO2. The van der Waals surface area contributed by atoms with Gasteiger partial charge in [-0.2, -0.15) is 0 Å². The van der Waals surface area contributed by atoms with Gasteiger partial charge < -0.3 is 9.64 Å². The van der Waals surface area contributed by atoms with E-state index in [-0.39, 0.29) is 18.0 Å². The van der Waals surface area contributed by atoms with Crippen molar-refractivity contribution < 1.29 is 13.9 Å². The van der Waals surface area contributed by atoms with Gasteiger partial charge in [-0.05, 0) is 63.8 Å². The predicted octanol–water partition coefficient (Wildman–Crippen LogP) is 3.99. The van der Waals surface area contributed by atoms with Crippen LogP contribution in [-0.4, -0.2) is 23.1 Å². The Morgan fingerprint density at radius 2 is 2.05 bits per heavy atom. The molecule has 1 aromatic rings. The highest BCUT2D eigenvalue weighted by molar-refractivity contribution is 5.69. The van der Waals surface area contributed by atoms with Gasteiger partial charge in [-0.15, -0.1) is 0 Å². The fourth-order valence-electron chi connectivity index (χ4n) is 2.53. The minimum absolute atomic E-state index is 0.163. The Labute approximate surface area is 119 Å². The second kappa shape index (κ2) is 5.08.